The maximum absolute atomic E-state index is 12.1. The lowest BCUT2D eigenvalue weighted by molar-refractivity contribution is -0.127. The molecule has 0 aliphatic carbocycles. The molecular weight excluding hydrogens is 228 g/mol. The third-order valence-electron chi connectivity index (χ3n) is 3.16. The Bertz CT molecular complexity index is 470. The Kier molecular flexibility index (Phi) is 3.46. The molecule has 2 amide bonds. The van der Waals surface area contributed by atoms with E-state index in [9.17, 15) is 9.59 Å². The van der Waals surface area contributed by atoms with Crippen molar-refractivity contribution in [2.75, 3.05) is 6.54 Å². The molecule has 4 heteroatoms. The van der Waals surface area contributed by atoms with Gasteiger partial charge in [0, 0.05) is 12.1 Å². The van der Waals surface area contributed by atoms with Crippen molar-refractivity contribution in [1.82, 2.24) is 10.6 Å². The summed E-state index contributed by atoms with van der Waals surface area (Å²) in [7, 11) is 0. The molecule has 1 heterocycles. The summed E-state index contributed by atoms with van der Waals surface area (Å²) in [6.45, 7) is 4.33. The molecular formula is C14H16N2O2. The monoisotopic (exact) mass is 244 g/mol. The molecule has 18 heavy (non-hydrogen) atoms. The highest BCUT2D eigenvalue weighted by Crippen LogP contribution is 2.19. The van der Waals surface area contributed by atoms with Gasteiger partial charge in [-0.15, -0.1) is 6.58 Å². The van der Waals surface area contributed by atoms with Crippen LogP contribution in [0.3, 0.4) is 0 Å². The first-order valence-corrected chi connectivity index (χ1v) is 5.97. The number of hydrogen-bond donors (Lipinski definition) is 2. The molecule has 1 saturated heterocycles. The van der Waals surface area contributed by atoms with Crippen LogP contribution < -0.4 is 10.6 Å². The second-order valence-corrected chi connectivity index (χ2v) is 4.36. The van der Waals surface area contributed by atoms with Crippen molar-refractivity contribution >= 4 is 11.8 Å². The zero-order chi connectivity index (χ0) is 13.0. The van der Waals surface area contributed by atoms with Crippen molar-refractivity contribution in [3.63, 3.8) is 0 Å². The van der Waals surface area contributed by atoms with Gasteiger partial charge in [0.1, 0.15) is 5.54 Å². The molecule has 2 rings (SSSR count). The summed E-state index contributed by atoms with van der Waals surface area (Å²) in [6.07, 6.45) is 2.93. The first kappa shape index (κ1) is 12.4. The van der Waals surface area contributed by atoms with Gasteiger partial charge in [0.25, 0.3) is 5.91 Å². The van der Waals surface area contributed by atoms with E-state index in [2.05, 4.69) is 17.2 Å². The molecule has 0 unspecified atom stereocenters. The Hall–Kier alpha value is -2.10. The fourth-order valence-electron chi connectivity index (χ4n) is 2.07. The molecule has 0 aromatic heterocycles. The van der Waals surface area contributed by atoms with Gasteiger partial charge in [-0.25, -0.2) is 0 Å². The van der Waals surface area contributed by atoms with E-state index < -0.39 is 5.54 Å². The second-order valence-electron chi connectivity index (χ2n) is 4.36. The third-order valence-corrected chi connectivity index (χ3v) is 3.16. The zero-order valence-corrected chi connectivity index (χ0v) is 10.1. The van der Waals surface area contributed by atoms with Crippen LogP contribution in [0.25, 0.3) is 0 Å². The number of nitrogens with one attached hydrogen (secondary N) is 2. The van der Waals surface area contributed by atoms with Crippen LogP contribution in [0.5, 0.6) is 0 Å². The summed E-state index contributed by atoms with van der Waals surface area (Å²) in [5.74, 6) is -0.444. The number of carbonyl (C=O) groups excluding carboxylic acids is 2. The highest BCUT2D eigenvalue weighted by molar-refractivity contribution is 6.00. The van der Waals surface area contributed by atoms with E-state index in [4.69, 9.17) is 0 Å². The van der Waals surface area contributed by atoms with Crippen molar-refractivity contribution in [2.24, 2.45) is 0 Å². The van der Waals surface area contributed by atoms with Gasteiger partial charge in [-0.05, 0) is 25.0 Å². The molecule has 1 aliphatic rings. The van der Waals surface area contributed by atoms with Gasteiger partial charge in [-0.2, -0.15) is 0 Å². The quantitative estimate of drug-likeness (QED) is 0.786. The van der Waals surface area contributed by atoms with Gasteiger partial charge < -0.3 is 10.6 Å². The Labute approximate surface area is 106 Å². The van der Waals surface area contributed by atoms with Crippen LogP contribution in [0.4, 0.5) is 0 Å². The summed E-state index contributed by atoms with van der Waals surface area (Å²) in [5, 5.41) is 5.53. The van der Waals surface area contributed by atoms with Gasteiger partial charge in [0.15, 0.2) is 0 Å². The van der Waals surface area contributed by atoms with E-state index in [0.717, 1.165) is 6.42 Å². The predicted octanol–water partition coefficient (Wildman–Crippen LogP) is 1.25. The van der Waals surface area contributed by atoms with Crippen LogP contribution in [0.1, 0.15) is 23.2 Å². The highest BCUT2D eigenvalue weighted by atomic mass is 16.2. The third kappa shape index (κ3) is 2.27. The summed E-state index contributed by atoms with van der Waals surface area (Å²) < 4.78 is 0. The average Bonchev–Trinajstić information content (AvgIpc) is 2.42. The predicted molar refractivity (Wildman–Crippen MR) is 69.1 cm³/mol. The van der Waals surface area contributed by atoms with Crippen molar-refractivity contribution in [2.45, 2.75) is 18.4 Å². The lowest BCUT2D eigenvalue weighted by Gasteiger charge is -2.34. The molecule has 0 saturated carbocycles. The SMILES string of the molecule is C=C[C@@]1(NC(=O)c2ccccc2)CCCNC1=O. The standard InChI is InChI=1S/C14H16N2O2/c1-2-14(9-6-10-15-13(14)18)16-12(17)11-7-4-3-5-8-11/h2-5,7-8H,1,6,9-10H2,(H,15,18)(H,16,17)/t14-/m1/s1. The van der Waals surface area contributed by atoms with Gasteiger partial charge >= 0.3 is 0 Å². The summed E-state index contributed by atoms with van der Waals surface area (Å²) in [4.78, 5) is 24.0. The molecule has 4 nitrogen and oxygen atoms in total. The van der Waals surface area contributed by atoms with Crippen molar-refractivity contribution in [3.05, 3.63) is 48.6 Å². The molecule has 0 bridgehead atoms. The number of carbonyl (C=O) groups is 2. The number of hydrogen-bond acceptors (Lipinski definition) is 2. The van der Waals surface area contributed by atoms with E-state index in [1.807, 2.05) is 6.07 Å². The molecule has 0 radical (unpaired) electrons. The van der Waals surface area contributed by atoms with Crippen LogP contribution in [-0.2, 0) is 4.79 Å². The zero-order valence-electron chi connectivity index (χ0n) is 10.1. The van der Waals surface area contributed by atoms with Gasteiger partial charge in [0.05, 0.1) is 0 Å². The van der Waals surface area contributed by atoms with E-state index in [1.54, 1.807) is 24.3 Å². The molecule has 1 atom stereocenters. The number of amides is 2. The fraction of sp³-hybridized carbons (Fsp3) is 0.286. The first-order valence-electron chi connectivity index (χ1n) is 5.97. The second kappa shape index (κ2) is 5.04. The Morgan fingerprint density at radius 3 is 2.72 bits per heavy atom. The topological polar surface area (TPSA) is 58.2 Å². The summed E-state index contributed by atoms with van der Waals surface area (Å²) in [5.41, 5.74) is -0.442. The Morgan fingerprint density at radius 1 is 1.39 bits per heavy atom. The minimum Gasteiger partial charge on any atom is -0.354 e. The van der Waals surface area contributed by atoms with Crippen LogP contribution in [-0.4, -0.2) is 23.9 Å². The van der Waals surface area contributed by atoms with E-state index in [0.29, 0.717) is 18.5 Å². The molecule has 1 fully saturated rings. The number of piperidine rings is 1. The average molecular weight is 244 g/mol. The Balaban J connectivity index is 2.18. The number of rotatable bonds is 3. The molecule has 94 valence electrons. The lowest BCUT2D eigenvalue weighted by Crippen LogP contribution is -2.60. The van der Waals surface area contributed by atoms with Crippen molar-refractivity contribution in [1.29, 1.82) is 0 Å². The van der Waals surface area contributed by atoms with Gasteiger partial charge in [0.2, 0.25) is 5.91 Å². The molecule has 2 N–H and O–H groups in total. The number of benzene rings is 1. The molecule has 1 aliphatic heterocycles. The Morgan fingerprint density at radius 2 is 2.11 bits per heavy atom. The summed E-state index contributed by atoms with van der Waals surface area (Å²) >= 11 is 0. The smallest absolute Gasteiger partial charge is 0.252 e. The molecule has 1 aromatic carbocycles. The van der Waals surface area contributed by atoms with Crippen LogP contribution in [0.2, 0.25) is 0 Å². The largest absolute Gasteiger partial charge is 0.354 e. The molecule has 1 aromatic rings. The minimum absolute atomic E-state index is 0.187. The highest BCUT2D eigenvalue weighted by Gasteiger charge is 2.38. The van der Waals surface area contributed by atoms with Crippen molar-refractivity contribution < 1.29 is 9.59 Å². The fourth-order valence-corrected chi connectivity index (χ4v) is 2.07. The van der Waals surface area contributed by atoms with E-state index >= 15 is 0 Å². The first-order chi connectivity index (χ1) is 8.68. The van der Waals surface area contributed by atoms with Crippen LogP contribution in [0, 0.1) is 0 Å². The van der Waals surface area contributed by atoms with Crippen LogP contribution in [0.15, 0.2) is 43.0 Å². The maximum Gasteiger partial charge on any atom is 0.252 e. The van der Waals surface area contributed by atoms with Gasteiger partial charge in [-0.3, -0.25) is 9.59 Å². The van der Waals surface area contributed by atoms with E-state index in [1.165, 1.54) is 6.08 Å². The maximum atomic E-state index is 12.1. The normalized spacial score (nSPS) is 23.0. The van der Waals surface area contributed by atoms with Crippen LogP contribution >= 0.6 is 0 Å². The molecule has 0 spiro atoms. The summed E-state index contributed by atoms with van der Waals surface area (Å²) in [6, 6.07) is 8.85. The van der Waals surface area contributed by atoms with E-state index in [-0.39, 0.29) is 11.8 Å². The minimum atomic E-state index is -0.981. The lowest BCUT2D eigenvalue weighted by atomic mass is 9.89. The van der Waals surface area contributed by atoms with Gasteiger partial charge in [-0.1, -0.05) is 24.3 Å². The van der Waals surface area contributed by atoms with Crippen molar-refractivity contribution in [3.8, 4) is 0 Å².